The SMILES string of the molecule is CC(C)(C)c1nnc(CN2CCSCC2CC(=O)O)o1. The van der Waals surface area contributed by atoms with Crippen molar-refractivity contribution in [3.8, 4) is 0 Å². The Hall–Kier alpha value is -1.08. The summed E-state index contributed by atoms with van der Waals surface area (Å²) in [5.74, 6) is 2.28. The Kier molecular flexibility index (Phi) is 4.70. The zero-order valence-electron chi connectivity index (χ0n) is 12.1. The first-order valence-electron chi connectivity index (χ1n) is 6.72. The molecule has 1 saturated heterocycles. The maximum atomic E-state index is 10.9. The largest absolute Gasteiger partial charge is 0.481 e. The van der Waals surface area contributed by atoms with Crippen LogP contribution < -0.4 is 0 Å². The van der Waals surface area contributed by atoms with Gasteiger partial charge in [0.1, 0.15) is 0 Å². The number of aliphatic carboxylic acids is 1. The maximum Gasteiger partial charge on any atom is 0.304 e. The third-order valence-electron chi connectivity index (χ3n) is 3.21. The minimum absolute atomic E-state index is 0.0382. The van der Waals surface area contributed by atoms with E-state index < -0.39 is 5.97 Å². The van der Waals surface area contributed by atoms with Crippen molar-refractivity contribution in [3.63, 3.8) is 0 Å². The zero-order valence-corrected chi connectivity index (χ0v) is 12.9. The molecule has 1 aliphatic rings. The van der Waals surface area contributed by atoms with E-state index in [0.717, 1.165) is 18.1 Å². The monoisotopic (exact) mass is 299 g/mol. The van der Waals surface area contributed by atoms with Crippen LogP contribution in [0, 0.1) is 0 Å². The second-order valence-corrected chi connectivity index (χ2v) is 7.20. The lowest BCUT2D eigenvalue weighted by atomic mass is 9.97. The van der Waals surface area contributed by atoms with Gasteiger partial charge in [0, 0.05) is 29.5 Å². The van der Waals surface area contributed by atoms with Gasteiger partial charge in [0.05, 0.1) is 13.0 Å². The van der Waals surface area contributed by atoms with Crippen molar-refractivity contribution in [2.45, 2.75) is 45.2 Å². The van der Waals surface area contributed by atoms with Crippen molar-refractivity contribution >= 4 is 17.7 Å². The van der Waals surface area contributed by atoms with Gasteiger partial charge < -0.3 is 9.52 Å². The highest BCUT2D eigenvalue weighted by atomic mass is 32.2. The number of nitrogens with zero attached hydrogens (tertiary/aromatic N) is 3. The third kappa shape index (κ3) is 3.96. The number of thioether (sulfide) groups is 1. The average Bonchev–Trinajstić information content (AvgIpc) is 2.79. The Morgan fingerprint density at radius 3 is 2.85 bits per heavy atom. The number of carboxylic acids is 1. The molecule has 1 atom stereocenters. The number of carboxylic acid groups (broad SMARTS) is 1. The molecule has 6 nitrogen and oxygen atoms in total. The molecule has 7 heteroatoms. The Labute approximate surface area is 122 Å². The third-order valence-corrected chi connectivity index (χ3v) is 4.30. The first-order valence-corrected chi connectivity index (χ1v) is 7.88. The smallest absolute Gasteiger partial charge is 0.304 e. The Balaban J connectivity index is 2.03. The number of carbonyl (C=O) groups is 1. The average molecular weight is 299 g/mol. The van der Waals surface area contributed by atoms with E-state index in [1.165, 1.54) is 0 Å². The van der Waals surface area contributed by atoms with Crippen molar-refractivity contribution < 1.29 is 14.3 Å². The van der Waals surface area contributed by atoms with E-state index in [1.54, 1.807) is 11.8 Å². The lowest BCUT2D eigenvalue weighted by molar-refractivity contribution is -0.138. The Morgan fingerprint density at radius 2 is 2.25 bits per heavy atom. The summed E-state index contributed by atoms with van der Waals surface area (Å²) in [6, 6.07) is 0.0382. The molecule has 0 aromatic carbocycles. The van der Waals surface area contributed by atoms with Crippen molar-refractivity contribution in [3.05, 3.63) is 11.8 Å². The molecule has 0 saturated carbocycles. The van der Waals surface area contributed by atoms with Crippen molar-refractivity contribution in [1.82, 2.24) is 15.1 Å². The number of aromatic nitrogens is 2. The van der Waals surface area contributed by atoms with Gasteiger partial charge in [0.2, 0.25) is 11.8 Å². The number of hydrogen-bond acceptors (Lipinski definition) is 6. The Bertz CT molecular complexity index is 470. The molecule has 0 aliphatic carbocycles. The van der Waals surface area contributed by atoms with E-state index in [2.05, 4.69) is 15.1 Å². The van der Waals surface area contributed by atoms with Crippen LogP contribution in [0.25, 0.3) is 0 Å². The molecule has 1 aromatic heterocycles. The van der Waals surface area contributed by atoms with Gasteiger partial charge in [0.15, 0.2) is 0 Å². The van der Waals surface area contributed by atoms with Gasteiger partial charge in [-0.25, -0.2) is 0 Å². The molecule has 1 fully saturated rings. The van der Waals surface area contributed by atoms with Crippen LogP contribution in [-0.4, -0.2) is 50.3 Å². The summed E-state index contributed by atoms with van der Waals surface area (Å²) < 4.78 is 5.69. The quantitative estimate of drug-likeness (QED) is 0.907. The van der Waals surface area contributed by atoms with Crippen LogP contribution >= 0.6 is 11.8 Å². The number of rotatable bonds is 4. The topological polar surface area (TPSA) is 79.5 Å². The van der Waals surface area contributed by atoms with Crippen molar-refractivity contribution in [2.24, 2.45) is 0 Å². The van der Waals surface area contributed by atoms with E-state index in [1.807, 2.05) is 20.8 Å². The van der Waals surface area contributed by atoms with Crippen molar-refractivity contribution in [2.75, 3.05) is 18.1 Å². The highest BCUT2D eigenvalue weighted by Gasteiger charge is 2.27. The number of hydrogen-bond donors (Lipinski definition) is 1. The lowest BCUT2D eigenvalue weighted by Gasteiger charge is -2.33. The standard InChI is InChI=1S/C13H21N3O3S/c1-13(2,3)12-15-14-10(19-12)7-16-4-5-20-8-9(16)6-11(17)18/h9H,4-8H2,1-3H3,(H,17,18). The maximum absolute atomic E-state index is 10.9. The summed E-state index contributed by atoms with van der Waals surface area (Å²) in [6.45, 7) is 7.45. The summed E-state index contributed by atoms with van der Waals surface area (Å²) >= 11 is 1.80. The van der Waals surface area contributed by atoms with Crippen molar-refractivity contribution in [1.29, 1.82) is 0 Å². The lowest BCUT2D eigenvalue weighted by Crippen LogP contribution is -2.43. The molecule has 1 aliphatic heterocycles. The zero-order chi connectivity index (χ0) is 14.8. The van der Waals surface area contributed by atoms with Gasteiger partial charge in [-0.3, -0.25) is 9.69 Å². The first kappa shape index (κ1) is 15.3. The van der Waals surface area contributed by atoms with Gasteiger partial charge in [-0.05, 0) is 0 Å². The van der Waals surface area contributed by atoms with E-state index in [0.29, 0.717) is 18.3 Å². The van der Waals surface area contributed by atoms with Gasteiger partial charge >= 0.3 is 5.97 Å². The van der Waals surface area contributed by atoms with Gasteiger partial charge in [-0.15, -0.1) is 10.2 Å². The summed E-state index contributed by atoms with van der Waals surface area (Å²) in [7, 11) is 0. The summed E-state index contributed by atoms with van der Waals surface area (Å²) in [6.07, 6.45) is 0.160. The molecule has 0 bridgehead atoms. The fraction of sp³-hybridized carbons (Fsp3) is 0.769. The summed E-state index contributed by atoms with van der Waals surface area (Å²) in [5, 5.41) is 17.1. The molecule has 0 radical (unpaired) electrons. The fourth-order valence-electron chi connectivity index (χ4n) is 2.08. The normalized spacial score (nSPS) is 21.1. The van der Waals surface area contributed by atoms with E-state index in [-0.39, 0.29) is 17.9 Å². The van der Waals surface area contributed by atoms with E-state index in [9.17, 15) is 4.79 Å². The summed E-state index contributed by atoms with van der Waals surface area (Å²) in [4.78, 5) is 13.0. The highest BCUT2D eigenvalue weighted by molar-refractivity contribution is 7.99. The molecule has 1 aromatic rings. The molecule has 20 heavy (non-hydrogen) atoms. The molecular weight excluding hydrogens is 278 g/mol. The van der Waals surface area contributed by atoms with Gasteiger partial charge in [-0.2, -0.15) is 11.8 Å². The van der Waals surface area contributed by atoms with Gasteiger partial charge in [0.25, 0.3) is 0 Å². The summed E-state index contributed by atoms with van der Waals surface area (Å²) in [5.41, 5.74) is -0.163. The van der Waals surface area contributed by atoms with Crippen LogP contribution in [0.1, 0.15) is 39.0 Å². The molecule has 112 valence electrons. The highest BCUT2D eigenvalue weighted by Crippen LogP contribution is 2.23. The predicted molar refractivity (Wildman–Crippen MR) is 76.8 cm³/mol. The minimum atomic E-state index is -0.761. The van der Waals surface area contributed by atoms with Crippen LogP contribution in [-0.2, 0) is 16.8 Å². The molecule has 1 N–H and O–H groups in total. The molecule has 2 rings (SSSR count). The second-order valence-electron chi connectivity index (χ2n) is 6.05. The van der Waals surface area contributed by atoms with Gasteiger partial charge in [-0.1, -0.05) is 20.8 Å². The molecule has 2 heterocycles. The van der Waals surface area contributed by atoms with E-state index in [4.69, 9.17) is 9.52 Å². The Morgan fingerprint density at radius 1 is 1.50 bits per heavy atom. The van der Waals surface area contributed by atoms with Crippen LogP contribution in [0.4, 0.5) is 0 Å². The fourth-order valence-corrected chi connectivity index (χ4v) is 3.21. The van der Waals surface area contributed by atoms with Crippen LogP contribution in [0.2, 0.25) is 0 Å². The van der Waals surface area contributed by atoms with Crippen LogP contribution in [0.15, 0.2) is 4.42 Å². The molecule has 1 unspecified atom stereocenters. The molecule has 0 amide bonds. The molecular formula is C13H21N3O3S. The minimum Gasteiger partial charge on any atom is -0.481 e. The van der Waals surface area contributed by atoms with E-state index >= 15 is 0 Å². The molecule has 0 spiro atoms. The van der Waals surface area contributed by atoms with Crippen LogP contribution in [0.5, 0.6) is 0 Å². The predicted octanol–water partition coefficient (Wildman–Crippen LogP) is 1.76. The van der Waals surface area contributed by atoms with Crippen LogP contribution in [0.3, 0.4) is 0 Å². The first-order chi connectivity index (χ1) is 9.36. The second kappa shape index (κ2) is 6.13.